The first kappa shape index (κ1) is 20.7. The molecule has 3 aromatic heterocycles. The summed E-state index contributed by atoms with van der Waals surface area (Å²) in [4.78, 5) is 18.3. The number of aryl methyl sites for hydroxylation is 1. The number of rotatable bonds is 8. The Bertz CT molecular complexity index is 1140. The second-order valence-electron chi connectivity index (χ2n) is 6.82. The molecule has 2 N–H and O–H groups in total. The molecule has 0 aliphatic carbocycles. The number of hydrogen-bond donors (Lipinski definition) is 2. The maximum absolute atomic E-state index is 12.7. The molecule has 1 unspecified atom stereocenters. The number of anilines is 2. The molecule has 0 fully saturated rings. The van der Waals surface area contributed by atoms with Crippen LogP contribution in [0.15, 0.2) is 77.5 Å². The Morgan fingerprint density at radius 3 is 2.68 bits per heavy atom. The molecule has 1 amide bonds. The van der Waals surface area contributed by atoms with E-state index in [1.54, 1.807) is 36.8 Å². The number of pyridine rings is 1. The zero-order valence-electron chi connectivity index (χ0n) is 17.3. The molecule has 3 heterocycles. The average molecular weight is 434 g/mol. The van der Waals surface area contributed by atoms with Crippen LogP contribution in [-0.4, -0.2) is 18.0 Å². The topological polar surface area (TPSA) is 76.4 Å². The second kappa shape index (κ2) is 9.49. The standard InChI is InChI=1S/C24H23N3O3S/c1-3-16-15-18(24(31-16)27-23(28)20-11-8-14-30-20)22(26-21-12-6-7-13-25-21)17-9-4-5-10-19(17)29-2/h4-15,22H,3H2,1-2H3,(H,25,26)(H,27,28). The minimum Gasteiger partial charge on any atom is -0.496 e. The molecule has 0 aliphatic heterocycles. The van der Waals surface area contributed by atoms with E-state index in [9.17, 15) is 4.79 Å². The number of para-hydroxylation sites is 1. The van der Waals surface area contributed by atoms with Gasteiger partial charge in [0.15, 0.2) is 5.76 Å². The van der Waals surface area contributed by atoms with Crippen molar-refractivity contribution in [3.63, 3.8) is 0 Å². The van der Waals surface area contributed by atoms with Gasteiger partial charge in [-0.3, -0.25) is 4.79 Å². The van der Waals surface area contributed by atoms with E-state index < -0.39 is 0 Å². The molecule has 4 rings (SSSR count). The van der Waals surface area contributed by atoms with E-state index in [4.69, 9.17) is 9.15 Å². The normalized spacial score (nSPS) is 11.7. The van der Waals surface area contributed by atoms with Crippen LogP contribution in [0.3, 0.4) is 0 Å². The first-order valence-corrected chi connectivity index (χ1v) is 10.8. The Labute approximate surface area is 184 Å². The highest BCUT2D eigenvalue weighted by molar-refractivity contribution is 7.16. The van der Waals surface area contributed by atoms with Gasteiger partial charge < -0.3 is 19.8 Å². The van der Waals surface area contributed by atoms with E-state index in [1.807, 2.05) is 42.5 Å². The SMILES string of the molecule is CCc1cc(C(Nc2ccccn2)c2ccccc2OC)c(NC(=O)c2ccco2)s1. The molecule has 1 atom stereocenters. The van der Waals surface area contributed by atoms with Gasteiger partial charge in [0.25, 0.3) is 5.91 Å². The molecule has 6 nitrogen and oxygen atoms in total. The number of furan rings is 1. The number of benzene rings is 1. The number of nitrogens with zero attached hydrogens (tertiary/aromatic N) is 1. The molecule has 158 valence electrons. The van der Waals surface area contributed by atoms with Gasteiger partial charge in [-0.25, -0.2) is 4.98 Å². The third kappa shape index (κ3) is 4.62. The maximum Gasteiger partial charge on any atom is 0.291 e. The van der Waals surface area contributed by atoms with Crippen LogP contribution in [0.2, 0.25) is 0 Å². The van der Waals surface area contributed by atoms with E-state index in [0.29, 0.717) is 0 Å². The van der Waals surface area contributed by atoms with Crippen LogP contribution in [0, 0.1) is 0 Å². The molecule has 0 radical (unpaired) electrons. The Hall–Kier alpha value is -3.58. The van der Waals surface area contributed by atoms with Crippen molar-refractivity contribution >= 4 is 28.1 Å². The molecule has 0 spiro atoms. The van der Waals surface area contributed by atoms with Crippen molar-refractivity contribution in [2.24, 2.45) is 0 Å². The first-order valence-electron chi connectivity index (χ1n) is 9.97. The molecule has 0 bridgehead atoms. The van der Waals surface area contributed by atoms with Crippen LogP contribution in [0.5, 0.6) is 5.75 Å². The van der Waals surface area contributed by atoms with Gasteiger partial charge >= 0.3 is 0 Å². The van der Waals surface area contributed by atoms with Gasteiger partial charge in [-0.2, -0.15) is 0 Å². The fourth-order valence-electron chi connectivity index (χ4n) is 3.34. The number of aromatic nitrogens is 1. The number of carbonyl (C=O) groups is 1. The number of nitrogens with one attached hydrogen (secondary N) is 2. The summed E-state index contributed by atoms with van der Waals surface area (Å²) in [5.41, 5.74) is 1.89. The third-order valence-corrected chi connectivity index (χ3v) is 6.06. The van der Waals surface area contributed by atoms with Crippen LogP contribution >= 0.6 is 11.3 Å². The van der Waals surface area contributed by atoms with Gasteiger partial charge in [-0.1, -0.05) is 31.2 Å². The lowest BCUT2D eigenvalue weighted by Gasteiger charge is -2.22. The predicted octanol–water partition coefficient (Wildman–Crippen LogP) is 5.76. The number of methoxy groups -OCH3 is 1. The van der Waals surface area contributed by atoms with Crippen molar-refractivity contribution in [2.45, 2.75) is 19.4 Å². The van der Waals surface area contributed by atoms with Gasteiger partial charge in [-0.15, -0.1) is 11.3 Å². The van der Waals surface area contributed by atoms with Gasteiger partial charge in [0.1, 0.15) is 16.6 Å². The van der Waals surface area contributed by atoms with Crippen molar-refractivity contribution < 1.29 is 13.9 Å². The van der Waals surface area contributed by atoms with E-state index in [1.165, 1.54) is 6.26 Å². The molecular weight excluding hydrogens is 410 g/mol. The van der Waals surface area contributed by atoms with Crippen molar-refractivity contribution in [1.82, 2.24) is 4.98 Å². The minimum absolute atomic E-state index is 0.268. The first-order chi connectivity index (χ1) is 15.2. The van der Waals surface area contributed by atoms with Gasteiger partial charge in [-0.05, 0) is 42.8 Å². The quantitative estimate of drug-likeness (QED) is 0.369. The van der Waals surface area contributed by atoms with E-state index in [-0.39, 0.29) is 17.7 Å². The van der Waals surface area contributed by atoms with Crippen molar-refractivity contribution in [3.05, 3.63) is 94.9 Å². The monoisotopic (exact) mass is 433 g/mol. The Morgan fingerprint density at radius 2 is 1.97 bits per heavy atom. The Morgan fingerprint density at radius 1 is 1.13 bits per heavy atom. The largest absolute Gasteiger partial charge is 0.496 e. The average Bonchev–Trinajstić information content (AvgIpc) is 3.48. The van der Waals surface area contributed by atoms with Crippen molar-refractivity contribution in [3.8, 4) is 5.75 Å². The minimum atomic E-state index is -0.285. The van der Waals surface area contributed by atoms with Crippen LogP contribution in [0.25, 0.3) is 0 Å². The summed E-state index contributed by atoms with van der Waals surface area (Å²) in [6, 6.07) is 18.7. The molecule has 7 heteroatoms. The third-order valence-electron chi connectivity index (χ3n) is 4.85. The highest BCUT2D eigenvalue weighted by Gasteiger charge is 2.25. The summed E-state index contributed by atoms with van der Waals surface area (Å²) in [7, 11) is 1.65. The number of amides is 1. The summed E-state index contributed by atoms with van der Waals surface area (Å²) in [6.45, 7) is 2.10. The highest BCUT2D eigenvalue weighted by Crippen LogP contribution is 2.40. The summed E-state index contributed by atoms with van der Waals surface area (Å²) in [5.74, 6) is 1.46. The van der Waals surface area contributed by atoms with E-state index >= 15 is 0 Å². The Kier molecular flexibility index (Phi) is 6.33. The smallest absolute Gasteiger partial charge is 0.291 e. The van der Waals surface area contributed by atoms with Crippen LogP contribution in [-0.2, 0) is 6.42 Å². The summed E-state index contributed by atoms with van der Waals surface area (Å²) in [5, 5.41) is 7.30. The predicted molar refractivity (Wildman–Crippen MR) is 123 cm³/mol. The van der Waals surface area contributed by atoms with Crippen molar-refractivity contribution in [2.75, 3.05) is 17.7 Å². The number of thiophene rings is 1. The fraction of sp³-hybridized carbons (Fsp3) is 0.167. The zero-order valence-corrected chi connectivity index (χ0v) is 18.1. The lowest BCUT2D eigenvalue weighted by atomic mass is 9.98. The highest BCUT2D eigenvalue weighted by atomic mass is 32.1. The zero-order chi connectivity index (χ0) is 21.6. The molecule has 0 saturated carbocycles. The maximum atomic E-state index is 12.7. The van der Waals surface area contributed by atoms with Crippen molar-refractivity contribution in [1.29, 1.82) is 0 Å². The van der Waals surface area contributed by atoms with Gasteiger partial charge in [0.2, 0.25) is 0 Å². The van der Waals surface area contributed by atoms with E-state index in [0.717, 1.165) is 39.0 Å². The Balaban J connectivity index is 1.78. The molecule has 0 aliphatic rings. The van der Waals surface area contributed by atoms with Crippen LogP contribution in [0.4, 0.5) is 10.8 Å². The number of ether oxygens (including phenoxy) is 1. The summed E-state index contributed by atoms with van der Waals surface area (Å²) in [6.07, 6.45) is 4.09. The van der Waals surface area contributed by atoms with Crippen LogP contribution in [0.1, 0.15) is 39.5 Å². The fourth-order valence-corrected chi connectivity index (χ4v) is 4.37. The summed E-state index contributed by atoms with van der Waals surface area (Å²) >= 11 is 1.56. The second-order valence-corrected chi connectivity index (χ2v) is 7.95. The molecule has 1 aromatic carbocycles. The molecular formula is C24H23N3O3S. The van der Waals surface area contributed by atoms with Gasteiger partial charge in [0, 0.05) is 22.2 Å². The number of carbonyl (C=O) groups excluding carboxylic acids is 1. The van der Waals surface area contributed by atoms with Crippen LogP contribution < -0.4 is 15.4 Å². The molecule has 31 heavy (non-hydrogen) atoms. The van der Waals surface area contributed by atoms with Gasteiger partial charge in [0.05, 0.1) is 19.4 Å². The lowest BCUT2D eigenvalue weighted by Crippen LogP contribution is -2.17. The molecule has 4 aromatic rings. The van der Waals surface area contributed by atoms with E-state index in [2.05, 4.69) is 28.6 Å². The number of hydrogen-bond acceptors (Lipinski definition) is 6. The lowest BCUT2D eigenvalue weighted by molar-refractivity contribution is 0.0997. The molecule has 0 saturated heterocycles. The summed E-state index contributed by atoms with van der Waals surface area (Å²) < 4.78 is 10.9.